The number of rotatable bonds is 3. The van der Waals surface area contributed by atoms with E-state index in [0.29, 0.717) is 29.7 Å². The second-order valence-corrected chi connectivity index (χ2v) is 4.27. The number of aromatic nitrogens is 2. The summed E-state index contributed by atoms with van der Waals surface area (Å²) in [5.41, 5.74) is 1.18. The van der Waals surface area contributed by atoms with Crippen LogP contribution in [0.15, 0.2) is 6.20 Å². The summed E-state index contributed by atoms with van der Waals surface area (Å²) in [4.78, 5) is 20.1. The van der Waals surface area contributed by atoms with E-state index in [1.807, 2.05) is 6.92 Å². The number of esters is 1. The van der Waals surface area contributed by atoms with Gasteiger partial charge >= 0.3 is 5.97 Å². The van der Waals surface area contributed by atoms with Crippen molar-refractivity contribution in [3.05, 3.63) is 23.3 Å². The van der Waals surface area contributed by atoms with Crippen LogP contribution in [-0.2, 0) is 4.74 Å². The third-order valence-corrected chi connectivity index (χ3v) is 2.93. The van der Waals surface area contributed by atoms with E-state index in [-0.39, 0.29) is 5.97 Å². The average molecular weight is 220 g/mol. The maximum atomic E-state index is 11.5. The molecule has 0 N–H and O–H groups in total. The van der Waals surface area contributed by atoms with Crippen molar-refractivity contribution in [3.63, 3.8) is 0 Å². The van der Waals surface area contributed by atoms with Gasteiger partial charge in [0.2, 0.25) is 0 Å². The number of ether oxygens (including phenoxy) is 1. The van der Waals surface area contributed by atoms with E-state index in [0.717, 1.165) is 12.2 Å². The van der Waals surface area contributed by atoms with E-state index in [4.69, 9.17) is 4.74 Å². The van der Waals surface area contributed by atoms with Crippen LogP contribution in [0, 0.1) is 12.8 Å². The molecular formula is C12H16N2O2. The van der Waals surface area contributed by atoms with E-state index < -0.39 is 0 Å². The molecule has 1 aliphatic rings. The quantitative estimate of drug-likeness (QED) is 0.732. The summed E-state index contributed by atoms with van der Waals surface area (Å²) < 4.78 is 4.93. The molecular weight excluding hydrogens is 204 g/mol. The third kappa shape index (κ3) is 2.05. The zero-order valence-corrected chi connectivity index (χ0v) is 9.86. The van der Waals surface area contributed by atoms with Gasteiger partial charge in [-0.25, -0.2) is 14.8 Å². The molecule has 1 aromatic heterocycles. The molecule has 86 valence electrons. The number of hydrogen-bond donors (Lipinski definition) is 0. The minimum Gasteiger partial charge on any atom is -0.462 e. The number of nitrogens with zero attached hydrogens (tertiary/aromatic N) is 2. The molecule has 4 heteroatoms. The predicted octanol–water partition coefficient (Wildman–Crippen LogP) is 2.09. The molecule has 1 heterocycles. The van der Waals surface area contributed by atoms with Gasteiger partial charge in [-0.1, -0.05) is 6.92 Å². The normalized spacial score (nSPS) is 22.9. The molecule has 16 heavy (non-hydrogen) atoms. The van der Waals surface area contributed by atoms with Crippen LogP contribution < -0.4 is 0 Å². The number of carbonyl (C=O) groups excluding carboxylic acids is 1. The van der Waals surface area contributed by atoms with Crippen molar-refractivity contribution in [3.8, 4) is 0 Å². The van der Waals surface area contributed by atoms with Crippen molar-refractivity contribution in [1.82, 2.24) is 9.97 Å². The van der Waals surface area contributed by atoms with Gasteiger partial charge in [0.25, 0.3) is 0 Å². The second-order valence-electron chi connectivity index (χ2n) is 4.27. The Morgan fingerprint density at radius 1 is 1.62 bits per heavy atom. The highest BCUT2D eigenvalue weighted by molar-refractivity contribution is 5.90. The maximum Gasteiger partial charge on any atom is 0.341 e. The Balaban J connectivity index is 2.19. The minimum absolute atomic E-state index is 0.338. The van der Waals surface area contributed by atoms with Gasteiger partial charge in [0.05, 0.1) is 17.9 Å². The molecule has 0 aliphatic heterocycles. The highest BCUT2D eigenvalue weighted by Gasteiger charge is 2.36. The number of carbonyl (C=O) groups is 1. The molecule has 2 rings (SSSR count). The molecule has 0 spiro atoms. The van der Waals surface area contributed by atoms with E-state index in [1.165, 1.54) is 0 Å². The monoisotopic (exact) mass is 220 g/mol. The Morgan fingerprint density at radius 2 is 2.31 bits per heavy atom. The van der Waals surface area contributed by atoms with Crippen LogP contribution in [0.1, 0.15) is 48.1 Å². The zero-order valence-electron chi connectivity index (χ0n) is 9.86. The van der Waals surface area contributed by atoms with Crippen molar-refractivity contribution in [2.24, 2.45) is 5.92 Å². The maximum absolute atomic E-state index is 11.5. The summed E-state index contributed by atoms with van der Waals surface area (Å²) >= 11 is 0. The van der Waals surface area contributed by atoms with Crippen LogP contribution in [0.2, 0.25) is 0 Å². The first-order chi connectivity index (χ1) is 7.63. The van der Waals surface area contributed by atoms with E-state index in [1.54, 1.807) is 13.1 Å². The molecule has 1 saturated carbocycles. The van der Waals surface area contributed by atoms with Crippen LogP contribution in [0.4, 0.5) is 0 Å². The summed E-state index contributed by atoms with van der Waals surface area (Å²) in [6.07, 6.45) is 2.74. The molecule has 0 aromatic carbocycles. The lowest BCUT2D eigenvalue weighted by molar-refractivity contribution is 0.0524. The molecule has 2 unspecified atom stereocenters. The Bertz CT molecular complexity index is 417. The van der Waals surface area contributed by atoms with Crippen molar-refractivity contribution in [2.75, 3.05) is 6.61 Å². The zero-order chi connectivity index (χ0) is 11.7. The van der Waals surface area contributed by atoms with Crippen molar-refractivity contribution in [1.29, 1.82) is 0 Å². The largest absolute Gasteiger partial charge is 0.462 e. The van der Waals surface area contributed by atoms with Gasteiger partial charge in [0.15, 0.2) is 0 Å². The number of aryl methyl sites for hydroxylation is 1. The lowest BCUT2D eigenvalue weighted by Crippen LogP contribution is -2.10. The smallest absolute Gasteiger partial charge is 0.341 e. The number of hydrogen-bond acceptors (Lipinski definition) is 4. The van der Waals surface area contributed by atoms with Crippen molar-refractivity contribution >= 4 is 5.97 Å². The predicted molar refractivity (Wildman–Crippen MR) is 59.2 cm³/mol. The van der Waals surface area contributed by atoms with Gasteiger partial charge in [0, 0.05) is 12.1 Å². The highest BCUT2D eigenvalue weighted by Crippen LogP contribution is 2.45. The molecule has 0 radical (unpaired) electrons. The second kappa shape index (κ2) is 4.20. The molecule has 1 aromatic rings. The molecule has 4 nitrogen and oxygen atoms in total. The fraction of sp³-hybridized carbons (Fsp3) is 0.583. The van der Waals surface area contributed by atoms with Gasteiger partial charge in [-0.15, -0.1) is 0 Å². The summed E-state index contributed by atoms with van der Waals surface area (Å²) in [7, 11) is 0. The summed E-state index contributed by atoms with van der Waals surface area (Å²) in [6, 6.07) is 0. The third-order valence-electron chi connectivity index (χ3n) is 2.93. The van der Waals surface area contributed by atoms with Crippen LogP contribution in [0.3, 0.4) is 0 Å². The van der Waals surface area contributed by atoms with Gasteiger partial charge in [-0.05, 0) is 26.2 Å². The lowest BCUT2D eigenvalue weighted by atomic mass is 10.2. The summed E-state index contributed by atoms with van der Waals surface area (Å²) in [5.74, 6) is 1.68. The highest BCUT2D eigenvalue weighted by atomic mass is 16.5. The van der Waals surface area contributed by atoms with Crippen LogP contribution >= 0.6 is 0 Å². The molecule has 0 saturated heterocycles. The molecule has 2 atom stereocenters. The molecule has 0 bridgehead atoms. The standard InChI is InChI=1S/C12H16N2O2/c1-4-16-12(15)10-6-13-11(14-8(10)3)9-5-7(9)2/h6-7,9H,4-5H2,1-3H3. The van der Waals surface area contributed by atoms with Gasteiger partial charge < -0.3 is 4.74 Å². The van der Waals surface area contributed by atoms with Crippen LogP contribution in [-0.4, -0.2) is 22.5 Å². The molecule has 0 amide bonds. The summed E-state index contributed by atoms with van der Waals surface area (Å²) in [5, 5.41) is 0. The van der Waals surface area contributed by atoms with E-state index in [2.05, 4.69) is 16.9 Å². The van der Waals surface area contributed by atoms with Gasteiger partial charge in [0.1, 0.15) is 5.82 Å². The average Bonchev–Trinajstić information content (AvgIpc) is 2.95. The van der Waals surface area contributed by atoms with Crippen LogP contribution in [0.5, 0.6) is 0 Å². The lowest BCUT2D eigenvalue weighted by Gasteiger charge is -2.05. The fourth-order valence-electron chi connectivity index (χ4n) is 1.75. The Labute approximate surface area is 95.1 Å². The first-order valence-corrected chi connectivity index (χ1v) is 5.64. The first kappa shape index (κ1) is 11.0. The minimum atomic E-state index is -0.338. The topological polar surface area (TPSA) is 52.1 Å². The molecule has 1 aliphatic carbocycles. The van der Waals surface area contributed by atoms with Crippen molar-refractivity contribution in [2.45, 2.75) is 33.1 Å². The fourth-order valence-corrected chi connectivity index (χ4v) is 1.75. The van der Waals surface area contributed by atoms with Crippen LogP contribution in [0.25, 0.3) is 0 Å². The SMILES string of the molecule is CCOC(=O)c1cnc(C2CC2C)nc1C. The molecule has 1 fully saturated rings. The van der Waals surface area contributed by atoms with Crippen molar-refractivity contribution < 1.29 is 9.53 Å². The summed E-state index contributed by atoms with van der Waals surface area (Å²) in [6.45, 7) is 6.17. The Hall–Kier alpha value is -1.45. The Kier molecular flexibility index (Phi) is 2.90. The Morgan fingerprint density at radius 3 is 2.81 bits per heavy atom. The van der Waals surface area contributed by atoms with E-state index >= 15 is 0 Å². The van der Waals surface area contributed by atoms with E-state index in [9.17, 15) is 4.79 Å². The van der Waals surface area contributed by atoms with Gasteiger partial charge in [-0.3, -0.25) is 0 Å². The van der Waals surface area contributed by atoms with Gasteiger partial charge in [-0.2, -0.15) is 0 Å². The first-order valence-electron chi connectivity index (χ1n) is 5.64.